The molecular weight excluding hydrogens is 344 g/mol. The van der Waals surface area contributed by atoms with Gasteiger partial charge >= 0.3 is 5.97 Å². The van der Waals surface area contributed by atoms with Crippen LogP contribution in [-0.4, -0.2) is 62.4 Å². The fourth-order valence-corrected chi connectivity index (χ4v) is 4.73. The van der Waals surface area contributed by atoms with Gasteiger partial charge in [0, 0.05) is 26.6 Å². The lowest BCUT2D eigenvalue weighted by Gasteiger charge is -2.45. The predicted molar refractivity (Wildman–Crippen MR) is 101 cm³/mol. The number of piperidine rings is 1. The Kier molecular flexibility index (Phi) is 4.22. The van der Waals surface area contributed by atoms with Gasteiger partial charge in [-0.05, 0) is 43.9 Å². The monoisotopic (exact) mass is 370 g/mol. The Balaban J connectivity index is 1.49. The maximum absolute atomic E-state index is 12.1. The Hall–Kier alpha value is -2.41. The summed E-state index contributed by atoms with van der Waals surface area (Å²) in [4.78, 5) is 36.0. The standard InChI is InChI=1S/C20H26N4O3/c1-12-4-5-15-18(13(12)2)22-16(21-15)11-24-8-6-20(7-9-24)14(19(26)27)10-17(25)23(20)3/h4-5,14H,6-11H2,1-3H3,(H,21,22)(H,26,27)/t14-/m1/s1. The Morgan fingerprint density at radius 1 is 1.33 bits per heavy atom. The third-order valence-corrected chi connectivity index (χ3v) is 6.69. The second-order valence-electron chi connectivity index (χ2n) is 8.01. The van der Waals surface area contributed by atoms with Crippen molar-refractivity contribution in [2.24, 2.45) is 5.92 Å². The molecule has 1 aromatic carbocycles. The van der Waals surface area contributed by atoms with Crippen molar-refractivity contribution in [3.63, 3.8) is 0 Å². The summed E-state index contributed by atoms with van der Waals surface area (Å²) < 4.78 is 0. The molecule has 2 aliphatic rings. The molecule has 7 nitrogen and oxygen atoms in total. The molecular formula is C20H26N4O3. The molecule has 0 aliphatic carbocycles. The topological polar surface area (TPSA) is 89.5 Å². The van der Waals surface area contributed by atoms with E-state index in [2.05, 4.69) is 35.9 Å². The molecule has 1 atom stereocenters. The van der Waals surface area contributed by atoms with Gasteiger partial charge in [0.1, 0.15) is 5.82 Å². The van der Waals surface area contributed by atoms with E-state index in [4.69, 9.17) is 4.98 Å². The fourth-order valence-electron chi connectivity index (χ4n) is 4.73. The average molecular weight is 370 g/mol. The molecule has 2 aliphatic heterocycles. The molecule has 1 aromatic heterocycles. The minimum Gasteiger partial charge on any atom is -0.481 e. The number of aryl methyl sites for hydroxylation is 2. The Morgan fingerprint density at radius 3 is 2.70 bits per heavy atom. The number of amides is 1. The van der Waals surface area contributed by atoms with Gasteiger partial charge in [-0.1, -0.05) is 6.07 Å². The van der Waals surface area contributed by atoms with Crippen molar-refractivity contribution in [3.05, 3.63) is 29.1 Å². The number of carboxylic acids is 1. The van der Waals surface area contributed by atoms with E-state index >= 15 is 0 Å². The van der Waals surface area contributed by atoms with E-state index < -0.39 is 17.4 Å². The first kappa shape index (κ1) is 18.0. The molecule has 2 aromatic rings. The average Bonchev–Trinajstić information content (AvgIpc) is 3.15. The molecule has 27 heavy (non-hydrogen) atoms. The van der Waals surface area contributed by atoms with Gasteiger partial charge in [-0.25, -0.2) is 4.98 Å². The number of hydrogen-bond donors (Lipinski definition) is 2. The number of aromatic nitrogens is 2. The van der Waals surface area contributed by atoms with Crippen molar-refractivity contribution in [1.82, 2.24) is 19.8 Å². The van der Waals surface area contributed by atoms with Gasteiger partial charge in [-0.15, -0.1) is 0 Å². The van der Waals surface area contributed by atoms with E-state index in [1.54, 1.807) is 11.9 Å². The lowest BCUT2D eigenvalue weighted by molar-refractivity contribution is -0.146. The second kappa shape index (κ2) is 6.34. The number of likely N-dealkylation sites (tertiary alicyclic amines) is 2. The number of nitrogens with zero attached hydrogens (tertiary/aromatic N) is 3. The summed E-state index contributed by atoms with van der Waals surface area (Å²) in [6.07, 6.45) is 1.49. The first-order valence-electron chi connectivity index (χ1n) is 9.48. The summed E-state index contributed by atoms with van der Waals surface area (Å²) in [5.74, 6) is -0.586. The van der Waals surface area contributed by atoms with Gasteiger partial charge in [0.2, 0.25) is 5.91 Å². The number of fused-ring (bicyclic) bond motifs is 1. The van der Waals surface area contributed by atoms with Gasteiger partial charge in [-0.2, -0.15) is 0 Å². The predicted octanol–water partition coefficient (Wildman–Crippen LogP) is 2.08. The van der Waals surface area contributed by atoms with Crippen LogP contribution in [0, 0.1) is 19.8 Å². The molecule has 0 bridgehead atoms. The van der Waals surface area contributed by atoms with Gasteiger partial charge in [0.05, 0.1) is 29.0 Å². The Labute approximate surface area is 158 Å². The molecule has 1 spiro atoms. The minimum atomic E-state index is -0.857. The number of benzene rings is 1. The first-order valence-corrected chi connectivity index (χ1v) is 9.48. The van der Waals surface area contributed by atoms with Crippen molar-refractivity contribution in [1.29, 1.82) is 0 Å². The highest BCUT2D eigenvalue weighted by Crippen LogP contribution is 2.43. The van der Waals surface area contributed by atoms with E-state index in [0.717, 1.165) is 29.9 Å². The fraction of sp³-hybridized carbons (Fsp3) is 0.550. The van der Waals surface area contributed by atoms with Crippen LogP contribution in [0.1, 0.15) is 36.2 Å². The lowest BCUT2D eigenvalue weighted by Crippen LogP contribution is -2.56. The largest absolute Gasteiger partial charge is 0.481 e. The number of carbonyl (C=O) groups is 2. The number of rotatable bonds is 3. The van der Waals surface area contributed by atoms with Crippen LogP contribution in [0.2, 0.25) is 0 Å². The summed E-state index contributed by atoms with van der Waals surface area (Å²) in [5, 5.41) is 9.59. The normalized spacial score (nSPS) is 22.9. The number of carbonyl (C=O) groups excluding carboxylic acids is 1. The van der Waals surface area contributed by atoms with Crippen molar-refractivity contribution >= 4 is 22.9 Å². The molecule has 0 saturated carbocycles. The quantitative estimate of drug-likeness (QED) is 0.863. The summed E-state index contributed by atoms with van der Waals surface area (Å²) in [7, 11) is 1.76. The van der Waals surface area contributed by atoms with Crippen molar-refractivity contribution in [2.45, 2.75) is 45.2 Å². The van der Waals surface area contributed by atoms with Crippen molar-refractivity contribution in [3.8, 4) is 0 Å². The summed E-state index contributed by atoms with van der Waals surface area (Å²) >= 11 is 0. The lowest BCUT2D eigenvalue weighted by atomic mass is 9.77. The molecule has 7 heteroatoms. The van der Waals surface area contributed by atoms with Gasteiger partial charge < -0.3 is 15.0 Å². The number of imidazole rings is 1. The smallest absolute Gasteiger partial charge is 0.309 e. The van der Waals surface area contributed by atoms with E-state index in [0.29, 0.717) is 19.4 Å². The van der Waals surface area contributed by atoms with Crippen LogP contribution in [0.4, 0.5) is 0 Å². The number of carboxylic acid groups (broad SMARTS) is 1. The molecule has 1 amide bonds. The van der Waals surface area contributed by atoms with Crippen LogP contribution < -0.4 is 0 Å². The Morgan fingerprint density at radius 2 is 2.04 bits per heavy atom. The van der Waals surface area contributed by atoms with Crippen LogP contribution in [0.25, 0.3) is 11.0 Å². The maximum atomic E-state index is 12.1. The summed E-state index contributed by atoms with van der Waals surface area (Å²) in [6, 6.07) is 4.17. The molecule has 0 unspecified atom stereocenters. The SMILES string of the molecule is Cc1ccc2[nH]c(CN3CCC4(CC3)[C@@H](C(=O)O)CC(=O)N4C)nc2c1C. The van der Waals surface area contributed by atoms with Gasteiger partial charge in [0.25, 0.3) is 0 Å². The molecule has 2 fully saturated rings. The molecule has 144 valence electrons. The number of nitrogens with one attached hydrogen (secondary N) is 1. The highest BCUT2D eigenvalue weighted by molar-refractivity contribution is 5.88. The first-order chi connectivity index (χ1) is 12.8. The van der Waals surface area contributed by atoms with Gasteiger partial charge in [-0.3, -0.25) is 14.5 Å². The molecule has 2 N–H and O–H groups in total. The number of aromatic amines is 1. The zero-order chi connectivity index (χ0) is 19.3. The van der Waals surface area contributed by atoms with Crippen molar-refractivity contribution < 1.29 is 14.7 Å². The third kappa shape index (κ3) is 2.81. The number of H-pyrrole nitrogens is 1. The van der Waals surface area contributed by atoms with E-state index in [1.165, 1.54) is 11.1 Å². The Bertz CT molecular complexity index is 911. The second-order valence-corrected chi connectivity index (χ2v) is 8.01. The number of aliphatic carboxylic acids is 1. The van der Waals surface area contributed by atoms with Crippen LogP contribution in [-0.2, 0) is 16.1 Å². The zero-order valence-corrected chi connectivity index (χ0v) is 16.1. The zero-order valence-electron chi connectivity index (χ0n) is 16.1. The van der Waals surface area contributed by atoms with Crippen LogP contribution in [0.5, 0.6) is 0 Å². The third-order valence-electron chi connectivity index (χ3n) is 6.69. The van der Waals surface area contributed by atoms with Gasteiger partial charge in [0.15, 0.2) is 0 Å². The molecule has 0 radical (unpaired) electrons. The highest BCUT2D eigenvalue weighted by atomic mass is 16.4. The van der Waals surface area contributed by atoms with E-state index in [-0.39, 0.29) is 12.3 Å². The maximum Gasteiger partial charge on any atom is 0.309 e. The highest BCUT2D eigenvalue weighted by Gasteiger charge is 2.55. The number of hydrogen-bond acceptors (Lipinski definition) is 4. The van der Waals surface area contributed by atoms with Crippen LogP contribution in [0.3, 0.4) is 0 Å². The van der Waals surface area contributed by atoms with Crippen LogP contribution >= 0.6 is 0 Å². The summed E-state index contributed by atoms with van der Waals surface area (Å²) in [6.45, 7) is 6.41. The molecule has 4 rings (SSSR count). The van der Waals surface area contributed by atoms with Crippen molar-refractivity contribution in [2.75, 3.05) is 20.1 Å². The van der Waals surface area contributed by atoms with Crippen LogP contribution in [0.15, 0.2) is 12.1 Å². The van der Waals surface area contributed by atoms with E-state index in [1.807, 2.05) is 0 Å². The molecule has 3 heterocycles. The molecule has 2 saturated heterocycles. The van der Waals surface area contributed by atoms with E-state index in [9.17, 15) is 14.7 Å². The summed E-state index contributed by atoms with van der Waals surface area (Å²) in [5.41, 5.74) is 3.96. The minimum absolute atomic E-state index is 0.0565.